The summed E-state index contributed by atoms with van der Waals surface area (Å²) in [5.74, 6) is 0. The van der Waals surface area contributed by atoms with Crippen molar-refractivity contribution in [3.05, 3.63) is 53.6 Å². The number of nitrogens with two attached hydrogens (primary N) is 1. The van der Waals surface area contributed by atoms with Crippen LogP contribution >= 0.6 is 11.6 Å². The summed E-state index contributed by atoms with van der Waals surface area (Å²) in [5.41, 5.74) is 9.65. The molecule has 1 heterocycles. The number of hydroxylamine groups is 2. The zero-order chi connectivity index (χ0) is 19.2. The van der Waals surface area contributed by atoms with E-state index in [1.54, 1.807) is 22.8 Å². The molecule has 1 aliphatic rings. The molecule has 4 N–H and O–H groups in total. The van der Waals surface area contributed by atoms with Crippen molar-refractivity contribution in [1.82, 2.24) is 10.7 Å². The van der Waals surface area contributed by atoms with Crippen LogP contribution in [0, 0.1) is 0 Å². The molecule has 0 radical (unpaired) electrons. The van der Waals surface area contributed by atoms with Crippen LogP contribution in [0.5, 0.6) is 0 Å². The normalized spacial score (nSPS) is 21.9. The number of rotatable bonds is 7. The van der Waals surface area contributed by atoms with Crippen LogP contribution in [0.1, 0.15) is 12.8 Å². The summed E-state index contributed by atoms with van der Waals surface area (Å²) in [7, 11) is 0. The topological polar surface area (TPSA) is 97.0 Å². The highest BCUT2D eigenvalue weighted by atomic mass is 35.5. The summed E-state index contributed by atoms with van der Waals surface area (Å²) in [5, 5.41) is 10.9. The standard InChI is InChI=1S/C18H22ClN3O4S/c19-15-5-1-13(2-6-15)14-3-7-18(8-4-14)27(24)26-22-10-9-16(20)11-17(22)12-25-21-23/h1-8,16-17,21,23H,9-12,20H2. The van der Waals surface area contributed by atoms with Crippen molar-refractivity contribution in [2.45, 2.75) is 29.8 Å². The minimum atomic E-state index is -1.66. The number of nitrogens with zero attached hydrogens (tertiary/aromatic N) is 1. The first-order valence-corrected chi connectivity index (χ1v) is 10.0. The molecule has 0 saturated carbocycles. The van der Waals surface area contributed by atoms with Crippen molar-refractivity contribution in [3.63, 3.8) is 0 Å². The number of hydrogen-bond acceptors (Lipinski definition) is 7. The summed E-state index contributed by atoms with van der Waals surface area (Å²) in [6.45, 7) is 0.701. The molecule has 1 fully saturated rings. The first-order valence-electron chi connectivity index (χ1n) is 8.56. The highest BCUT2D eigenvalue weighted by Crippen LogP contribution is 2.24. The maximum absolute atomic E-state index is 12.6. The van der Waals surface area contributed by atoms with E-state index >= 15 is 0 Å². The second-order valence-corrected chi connectivity index (χ2v) is 7.85. The van der Waals surface area contributed by atoms with Crippen LogP contribution in [0.3, 0.4) is 0 Å². The van der Waals surface area contributed by atoms with E-state index in [4.69, 9.17) is 31.7 Å². The lowest BCUT2D eigenvalue weighted by atomic mass is 10.0. The highest BCUT2D eigenvalue weighted by molar-refractivity contribution is 7.80. The molecule has 146 valence electrons. The molecule has 0 aliphatic carbocycles. The van der Waals surface area contributed by atoms with Gasteiger partial charge in [0.2, 0.25) is 11.1 Å². The number of halogens is 1. The molecule has 2 aromatic rings. The Hall–Kier alpha value is -1.36. The zero-order valence-electron chi connectivity index (χ0n) is 14.6. The lowest BCUT2D eigenvalue weighted by Gasteiger charge is -2.35. The van der Waals surface area contributed by atoms with E-state index in [1.807, 2.05) is 36.4 Å². The van der Waals surface area contributed by atoms with E-state index in [1.165, 1.54) is 0 Å². The van der Waals surface area contributed by atoms with Crippen LogP contribution in [0.4, 0.5) is 0 Å². The van der Waals surface area contributed by atoms with Crippen LogP contribution < -0.4 is 11.4 Å². The van der Waals surface area contributed by atoms with E-state index in [0.717, 1.165) is 17.5 Å². The Bertz CT molecular complexity index is 760. The van der Waals surface area contributed by atoms with Crippen LogP contribution in [0.25, 0.3) is 11.1 Å². The van der Waals surface area contributed by atoms with Crippen LogP contribution in [-0.2, 0) is 20.2 Å². The molecule has 1 saturated heterocycles. The molecule has 7 nitrogen and oxygen atoms in total. The van der Waals surface area contributed by atoms with Crippen molar-refractivity contribution in [2.75, 3.05) is 13.2 Å². The monoisotopic (exact) mass is 411 g/mol. The lowest BCUT2D eigenvalue weighted by molar-refractivity contribution is -0.178. The number of piperidine rings is 1. The van der Waals surface area contributed by atoms with Gasteiger partial charge in [-0.05, 0) is 48.2 Å². The summed E-state index contributed by atoms with van der Waals surface area (Å²) in [4.78, 5) is 5.39. The molecule has 9 heteroatoms. The number of hydrogen-bond donors (Lipinski definition) is 3. The minimum Gasteiger partial charge on any atom is -0.328 e. The third kappa shape index (κ3) is 5.56. The molecule has 0 amide bonds. The Labute approximate surface area is 165 Å². The quantitative estimate of drug-likeness (QED) is 0.602. The van der Waals surface area contributed by atoms with Gasteiger partial charge in [-0.1, -0.05) is 41.5 Å². The van der Waals surface area contributed by atoms with Crippen molar-refractivity contribution >= 4 is 22.7 Å². The van der Waals surface area contributed by atoms with Gasteiger partial charge >= 0.3 is 0 Å². The minimum absolute atomic E-state index is 0.0178. The fourth-order valence-electron chi connectivity index (χ4n) is 2.97. The number of benzene rings is 2. The molecule has 0 bridgehead atoms. The van der Waals surface area contributed by atoms with E-state index in [0.29, 0.717) is 22.9 Å². The second kappa shape index (κ2) is 9.72. The maximum Gasteiger partial charge on any atom is 0.206 e. The second-order valence-electron chi connectivity index (χ2n) is 6.32. The molecule has 0 aromatic heterocycles. The van der Waals surface area contributed by atoms with Crippen LogP contribution in [0.15, 0.2) is 53.4 Å². The van der Waals surface area contributed by atoms with E-state index in [-0.39, 0.29) is 18.7 Å². The van der Waals surface area contributed by atoms with Gasteiger partial charge in [-0.25, -0.2) is 4.21 Å². The Morgan fingerprint density at radius 1 is 1.19 bits per heavy atom. The van der Waals surface area contributed by atoms with Gasteiger partial charge in [0.1, 0.15) is 0 Å². The maximum atomic E-state index is 12.6. The lowest BCUT2D eigenvalue weighted by Crippen LogP contribution is -2.49. The van der Waals surface area contributed by atoms with Gasteiger partial charge in [-0.2, -0.15) is 9.35 Å². The third-order valence-corrected chi connectivity index (χ3v) is 5.67. The van der Waals surface area contributed by atoms with Gasteiger partial charge in [0.15, 0.2) is 0 Å². The summed E-state index contributed by atoms with van der Waals surface area (Å²) < 4.78 is 18.2. The average molecular weight is 412 g/mol. The average Bonchev–Trinajstić information content (AvgIpc) is 2.69. The van der Waals surface area contributed by atoms with Gasteiger partial charge in [0.05, 0.1) is 17.5 Å². The Morgan fingerprint density at radius 2 is 1.81 bits per heavy atom. The Balaban J connectivity index is 1.65. The first-order chi connectivity index (χ1) is 13.1. The van der Waals surface area contributed by atoms with E-state index in [9.17, 15) is 4.21 Å². The fourth-order valence-corrected chi connectivity index (χ4v) is 3.91. The van der Waals surface area contributed by atoms with E-state index < -0.39 is 11.1 Å². The fraction of sp³-hybridized carbons (Fsp3) is 0.333. The summed E-state index contributed by atoms with van der Waals surface area (Å²) in [6, 6.07) is 14.7. The highest BCUT2D eigenvalue weighted by Gasteiger charge is 2.29. The predicted molar refractivity (Wildman–Crippen MR) is 103 cm³/mol. The first kappa shape index (κ1) is 20.4. The molecular formula is C18H22ClN3O4S. The van der Waals surface area contributed by atoms with Gasteiger partial charge < -0.3 is 5.73 Å². The third-order valence-electron chi connectivity index (χ3n) is 4.43. The van der Waals surface area contributed by atoms with Crippen molar-refractivity contribution in [3.8, 4) is 11.1 Å². The molecule has 0 spiro atoms. The molecule has 3 atom stereocenters. The molecular weight excluding hydrogens is 390 g/mol. The van der Waals surface area contributed by atoms with Gasteiger partial charge in [-0.15, -0.1) is 0 Å². The van der Waals surface area contributed by atoms with Gasteiger partial charge in [0.25, 0.3) is 0 Å². The van der Waals surface area contributed by atoms with Crippen molar-refractivity contribution < 1.29 is 18.5 Å². The van der Waals surface area contributed by atoms with E-state index in [2.05, 4.69) is 0 Å². The largest absolute Gasteiger partial charge is 0.328 e. The SMILES string of the molecule is NC1CCN(OS(=O)c2ccc(-c3ccc(Cl)cc3)cc2)C(CONO)C1. The summed E-state index contributed by atoms with van der Waals surface area (Å²) >= 11 is 4.25. The predicted octanol–water partition coefficient (Wildman–Crippen LogP) is 2.66. The summed E-state index contributed by atoms with van der Waals surface area (Å²) in [6.07, 6.45) is 1.35. The molecule has 3 unspecified atom stereocenters. The smallest absolute Gasteiger partial charge is 0.206 e. The van der Waals surface area contributed by atoms with Gasteiger partial charge in [-0.3, -0.25) is 10.0 Å². The molecule has 2 aromatic carbocycles. The molecule has 1 aliphatic heterocycles. The van der Waals surface area contributed by atoms with Gasteiger partial charge in [0, 0.05) is 17.6 Å². The Kier molecular flexibility index (Phi) is 7.33. The van der Waals surface area contributed by atoms with Crippen LogP contribution in [0.2, 0.25) is 5.02 Å². The zero-order valence-corrected chi connectivity index (χ0v) is 16.2. The molecule has 27 heavy (non-hydrogen) atoms. The van der Waals surface area contributed by atoms with Crippen molar-refractivity contribution in [1.29, 1.82) is 0 Å². The molecule has 3 rings (SSSR count). The Morgan fingerprint density at radius 3 is 2.44 bits per heavy atom. The van der Waals surface area contributed by atoms with Crippen LogP contribution in [-0.4, -0.2) is 39.7 Å². The van der Waals surface area contributed by atoms with Crippen molar-refractivity contribution in [2.24, 2.45) is 5.73 Å². The number of nitrogens with one attached hydrogen (secondary N) is 1.